The highest BCUT2D eigenvalue weighted by Crippen LogP contribution is 2.44. The minimum Gasteiger partial charge on any atom is -0.478 e. The van der Waals surface area contributed by atoms with E-state index >= 15 is 0 Å². The normalized spacial score (nSPS) is 23.4. The lowest BCUT2D eigenvalue weighted by Crippen LogP contribution is -2.48. The van der Waals surface area contributed by atoms with Crippen molar-refractivity contribution in [1.82, 2.24) is 9.80 Å². The lowest BCUT2D eigenvalue weighted by Gasteiger charge is -2.40. The summed E-state index contributed by atoms with van der Waals surface area (Å²) < 4.78 is 25.4. The lowest BCUT2D eigenvalue weighted by molar-refractivity contribution is -0.134. The second kappa shape index (κ2) is 13.7. The first-order valence-electron chi connectivity index (χ1n) is 12.8. The Labute approximate surface area is 236 Å². The molecule has 0 saturated carbocycles. The molecule has 3 aliphatic rings. The highest BCUT2D eigenvalue weighted by Gasteiger charge is 2.31. The second-order valence-corrected chi connectivity index (χ2v) is 11.2. The molecule has 0 spiro atoms. The number of hydrogen-bond donors (Lipinski definition) is 2. The van der Waals surface area contributed by atoms with E-state index in [-0.39, 0.29) is 24.3 Å². The van der Waals surface area contributed by atoms with Crippen molar-refractivity contribution in [2.45, 2.75) is 48.0 Å². The van der Waals surface area contributed by atoms with Gasteiger partial charge in [-0.15, -0.1) is 0 Å². The van der Waals surface area contributed by atoms with E-state index in [9.17, 15) is 14.0 Å². The molecule has 3 heterocycles. The first-order valence-corrected chi connectivity index (χ1v) is 14.0. The molecule has 2 aromatic carbocycles. The van der Waals surface area contributed by atoms with Gasteiger partial charge in [-0.25, -0.2) is 14.0 Å². The Kier molecular flexibility index (Phi) is 10.4. The number of fused-ring (bicyclic) bond motifs is 2. The van der Waals surface area contributed by atoms with Gasteiger partial charge in [0.15, 0.2) is 6.29 Å². The van der Waals surface area contributed by atoms with Gasteiger partial charge in [-0.2, -0.15) is 0 Å². The van der Waals surface area contributed by atoms with E-state index in [1.54, 1.807) is 23.9 Å². The van der Waals surface area contributed by atoms with Crippen molar-refractivity contribution in [1.29, 1.82) is 0 Å². The molecule has 210 valence electrons. The number of carbonyl (C=O) groups is 2. The number of ether oxygens (including phenoxy) is 2. The number of aliphatic carboxylic acids is 2. The molecular formula is C28H32ClFN2O6S. The van der Waals surface area contributed by atoms with Crippen LogP contribution < -0.4 is 0 Å². The highest BCUT2D eigenvalue weighted by molar-refractivity contribution is 7.99. The van der Waals surface area contributed by atoms with Crippen molar-refractivity contribution >= 4 is 35.3 Å². The maximum atomic E-state index is 13.9. The summed E-state index contributed by atoms with van der Waals surface area (Å²) in [5.41, 5.74) is 2.46. The molecule has 0 amide bonds. The molecule has 39 heavy (non-hydrogen) atoms. The zero-order valence-electron chi connectivity index (χ0n) is 21.6. The third-order valence-corrected chi connectivity index (χ3v) is 8.22. The van der Waals surface area contributed by atoms with Crippen molar-refractivity contribution in [3.8, 4) is 0 Å². The highest BCUT2D eigenvalue weighted by atomic mass is 35.5. The Morgan fingerprint density at radius 3 is 2.44 bits per heavy atom. The van der Waals surface area contributed by atoms with Crippen molar-refractivity contribution < 1.29 is 33.7 Å². The van der Waals surface area contributed by atoms with Crippen molar-refractivity contribution in [3.05, 3.63) is 70.5 Å². The summed E-state index contributed by atoms with van der Waals surface area (Å²) in [6.45, 7) is 7.81. The Bertz CT molecular complexity index is 1190. The largest absolute Gasteiger partial charge is 0.478 e. The molecular weight excluding hydrogens is 547 g/mol. The molecule has 2 N–H and O–H groups in total. The molecule has 2 fully saturated rings. The van der Waals surface area contributed by atoms with Gasteiger partial charge in [0.25, 0.3) is 0 Å². The molecule has 3 aliphatic heterocycles. The summed E-state index contributed by atoms with van der Waals surface area (Å²) in [6, 6.07) is 11.5. The maximum Gasteiger partial charge on any atom is 0.328 e. The van der Waals surface area contributed by atoms with Gasteiger partial charge < -0.3 is 24.6 Å². The zero-order chi connectivity index (χ0) is 27.9. The third kappa shape index (κ3) is 8.51. The van der Waals surface area contributed by atoms with Crippen LogP contribution in [0.25, 0.3) is 0 Å². The van der Waals surface area contributed by atoms with Crippen LogP contribution in [-0.4, -0.2) is 83.7 Å². The van der Waals surface area contributed by atoms with Crippen LogP contribution in [0.5, 0.6) is 0 Å². The van der Waals surface area contributed by atoms with Crippen LogP contribution in [0.15, 0.2) is 58.3 Å². The second-order valence-electron chi connectivity index (χ2n) is 9.64. The number of nitrogens with zero attached hydrogens (tertiary/aromatic N) is 2. The fraction of sp³-hybridized carbons (Fsp3) is 0.429. The Balaban J connectivity index is 0.000000386. The van der Waals surface area contributed by atoms with E-state index < -0.39 is 11.9 Å². The van der Waals surface area contributed by atoms with Gasteiger partial charge in [-0.05, 0) is 54.8 Å². The molecule has 3 unspecified atom stereocenters. The third-order valence-electron chi connectivity index (χ3n) is 6.79. The van der Waals surface area contributed by atoms with E-state index in [0.717, 1.165) is 55.5 Å². The number of hydrogen-bond acceptors (Lipinski definition) is 7. The lowest BCUT2D eigenvalue weighted by atomic mass is 9.96. The number of rotatable bonds is 6. The smallest absolute Gasteiger partial charge is 0.328 e. The van der Waals surface area contributed by atoms with Crippen LogP contribution in [0.1, 0.15) is 30.5 Å². The molecule has 0 radical (unpaired) electrons. The van der Waals surface area contributed by atoms with Crippen molar-refractivity contribution in [3.63, 3.8) is 0 Å². The molecule has 0 aromatic heterocycles. The van der Waals surface area contributed by atoms with E-state index in [2.05, 4.69) is 28.9 Å². The number of carboxylic acid groups (broad SMARTS) is 2. The van der Waals surface area contributed by atoms with Crippen LogP contribution in [0.2, 0.25) is 5.02 Å². The van der Waals surface area contributed by atoms with Crippen LogP contribution in [0.4, 0.5) is 4.39 Å². The molecule has 5 rings (SSSR count). The van der Waals surface area contributed by atoms with Gasteiger partial charge in [0.2, 0.25) is 0 Å². The first-order chi connectivity index (χ1) is 18.7. The average molecular weight is 579 g/mol. The molecule has 11 heteroatoms. The summed E-state index contributed by atoms with van der Waals surface area (Å²) >= 11 is 8.04. The SMILES string of the molecule is CC1COC(CCN2CCN(C3Cc4ccc(F)cc4Sc4ccc(Cl)cc43)CC2)O1.O=C(O)/C=C/C(=O)O. The van der Waals surface area contributed by atoms with E-state index in [1.807, 2.05) is 12.1 Å². The standard InChI is InChI=1S/C24H28ClFN2O2S.C4H4O4/c1-16-15-29-24(30-16)6-7-27-8-10-28(11-9-27)21-12-17-2-4-19(26)14-23(17)31-22-5-3-18(25)13-20(21)22;5-3(6)1-2-4(7)8/h2-5,13-14,16,21,24H,6-12,15H2,1H3;1-2H,(H,5,6)(H,7,8)/b;2-1+. The van der Waals surface area contributed by atoms with Gasteiger partial charge in [-0.3, -0.25) is 4.90 Å². The minimum absolute atomic E-state index is 0.0576. The Hall–Kier alpha value is -2.47. The van der Waals surface area contributed by atoms with E-state index in [1.165, 1.54) is 16.0 Å². The average Bonchev–Trinajstić information content (AvgIpc) is 3.25. The Morgan fingerprint density at radius 1 is 1.08 bits per heavy atom. The molecule has 3 atom stereocenters. The summed E-state index contributed by atoms with van der Waals surface area (Å²) in [6.07, 6.45) is 3.06. The fourth-order valence-corrected chi connectivity index (χ4v) is 6.21. The number of halogens is 2. The van der Waals surface area contributed by atoms with Crippen LogP contribution in [-0.2, 0) is 25.5 Å². The van der Waals surface area contributed by atoms with Crippen LogP contribution in [0.3, 0.4) is 0 Å². The van der Waals surface area contributed by atoms with Gasteiger partial charge in [0, 0.05) is 72.2 Å². The topological polar surface area (TPSA) is 99.5 Å². The van der Waals surface area contributed by atoms with E-state index in [4.69, 9.17) is 31.3 Å². The van der Waals surface area contributed by atoms with Gasteiger partial charge >= 0.3 is 11.9 Å². The number of benzene rings is 2. The van der Waals surface area contributed by atoms with Gasteiger partial charge in [0.05, 0.1) is 12.7 Å². The van der Waals surface area contributed by atoms with Crippen molar-refractivity contribution in [2.24, 2.45) is 0 Å². The first kappa shape index (κ1) is 29.5. The number of piperazine rings is 1. The van der Waals surface area contributed by atoms with Crippen LogP contribution >= 0.6 is 23.4 Å². The predicted octanol–water partition coefficient (Wildman–Crippen LogP) is 4.71. The molecule has 2 saturated heterocycles. The molecule has 8 nitrogen and oxygen atoms in total. The summed E-state index contributed by atoms with van der Waals surface area (Å²) in [5.74, 6) is -2.70. The monoisotopic (exact) mass is 578 g/mol. The maximum absolute atomic E-state index is 13.9. The predicted molar refractivity (Wildman–Crippen MR) is 146 cm³/mol. The van der Waals surface area contributed by atoms with Crippen molar-refractivity contribution in [2.75, 3.05) is 39.3 Å². The fourth-order valence-electron chi connectivity index (χ4n) is 4.89. The quantitative estimate of drug-likeness (QED) is 0.472. The zero-order valence-corrected chi connectivity index (χ0v) is 23.2. The summed E-state index contributed by atoms with van der Waals surface area (Å²) in [4.78, 5) is 26.4. The number of carboxylic acids is 2. The van der Waals surface area contributed by atoms with E-state index in [0.29, 0.717) is 18.8 Å². The summed E-state index contributed by atoms with van der Waals surface area (Å²) in [5, 5.41) is 16.4. The summed E-state index contributed by atoms with van der Waals surface area (Å²) in [7, 11) is 0. The molecule has 0 aliphatic carbocycles. The van der Waals surface area contributed by atoms with Gasteiger partial charge in [-0.1, -0.05) is 29.4 Å². The van der Waals surface area contributed by atoms with Crippen LogP contribution in [0, 0.1) is 5.82 Å². The molecule has 2 aromatic rings. The minimum atomic E-state index is -1.26. The Morgan fingerprint density at radius 2 is 1.79 bits per heavy atom. The molecule has 0 bridgehead atoms. The van der Waals surface area contributed by atoms with Gasteiger partial charge in [0.1, 0.15) is 5.82 Å².